The lowest BCUT2D eigenvalue weighted by Crippen LogP contribution is -1.92. The Balaban J connectivity index is 1.91. The average Bonchev–Trinajstić information content (AvgIpc) is 3.00. The Hall–Kier alpha value is -0.980. The van der Waals surface area contributed by atoms with Gasteiger partial charge >= 0.3 is 0 Å². The number of aromatic hydroxyl groups is 1. The summed E-state index contributed by atoms with van der Waals surface area (Å²) in [5, 5.41) is 10.3. The van der Waals surface area contributed by atoms with E-state index in [2.05, 4.69) is 19.9 Å². The maximum Gasteiger partial charge on any atom is 0.116 e. The molecule has 0 aliphatic carbocycles. The van der Waals surface area contributed by atoms with Gasteiger partial charge in [0.05, 0.1) is 0 Å². The van der Waals surface area contributed by atoms with E-state index >= 15 is 0 Å². The second-order valence-electron chi connectivity index (χ2n) is 14.1. The average molecular weight is 599 g/mol. The lowest BCUT2D eigenvalue weighted by atomic mass is 9.99. The lowest BCUT2D eigenvalue weighted by molar-refractivity contribution is 0.473. The minimum Gasteiger partial charge on any atom is -0.508 e. The molecular weight excluding hydrogens is 520 g/mol. The van der Waals surface area contributed by atoms with Gasteiger partial charge in [-0.05, 0) is 48.9 Å². The van der Waals surface area contributed by atoms with Gasteiger partial charge in [0.25, 0.3) is 0 Å². The number of aryl methyl sites for hydroxylation is 2. The van der Waals surface area contributed by atoms with Crippen LogP contribution in [0, 0.1) is 0 Å². The van der Waals surface area contributed by atoms with E-state index in [0.717, 1.165) is 12.8 Å². The summed E-state index contributed by atoms with van der Waals surface area (Å²) < 4.78 is 0. The Kier molecular flexibility index (Phi) is 30.2. The van der Waals surface area contributed by atoms with Gasteiger partial charge in [0.1, 0.15) is 5.75 Å². The molecule has 0 spiro atoms. The summed E-state index contributed by atoms with van der Waals surface area (Å²) >= 11 is 0. The quantitative estimate of drug-likeness (QED) is 0.0782. The first-order chi connectivity index (χ1) is 21.3. The molecule has 0 aliphatic heterocycles. The van der Waals surface area contributed by atoms with E-state index in [4.69, 9.17) is 0 Å². The van der Waals surface area contributed by atoms with E-state index in [1.807, 2.05) is 12.1 Å². The van der Waals surface area contributed by atoms with E-state index in [9.17, 15) is 5.11 Å². The molecule has 0 radical (unpaired) electrons. The fourth-order valence-corrected chi connectivity index (χ4v) is 6.79. The van der Waals surface area contributed by atoms with Crippen LogP contribution >= 0.6 is 0 Å². The van der Waals surface area contributed by atoms with Gasteiger partial charge in [-0.1, -0.05) is 213 Å². The Bertz CT molecular complexity index is 625. The van der Waals surface area contributed by atoms with Crippen LogP contribution in [0.1, 0.15) is 230 Å². The Morgan fingerprint density at radius 1 is 0.302 bits per heavy atom. The molecule has 0 saturated carbocycles. The molecule has 0 amide bonds. The molecule has 0 fully saturated rings. The third-order valence-electron chi connectivity index (χ3n) is 9.68. The standard InChI is InChI=1S/C42H78O/c1-3-5-7-9-11-13-15-17-19-21-23-25-27-29-31-33-35-40-37-41(39-42(43)38-40)36-34-32-30-28-26-24-22-20-18-16-14-12-10-8-6-4-2/h37-39,43H,3-36H2,1-2H3. The van der Waals surface area contributed by atoms with Crippen LogP contribution < -0.4 is 0 Å². The van der Waals surface area contributed by atoms with Crippen molar-refractivity contribution < 1.29 is 5.11 Å². The highest BCUT2D eigenvalue weighted by atomic mass is 16.3. The molecule has 1 heteroatoms. The first-order valence-electron chi connectivity index (χ1n) is 20.1. The molecule has 252 valence electrons. The van der Waals surface area contributed by atoms with Crippen LogP contribution in [0.15, 0.2) is 18.2 Å². The second-order valence-corrected chi connectivity index (χ2v) is 14.1. The topological polar surface area (TPSA) is 20.2 Å². The monoisotopic (exact) mass is 599 g/mol. The zero-order chi connectivity index (χ0) is 30.9. The van der Waals surface area contributed by atoms with Crippen molar-refractivity contribution in [2.24, 2.45) is 0 Å². The van der Waals surface area contributed by atoms with Crippen molar-refractivity contribution in [3.8, 4) is 5.75 Å². The summed E-state index contributed by atoms with van der Waals surface area (Å²) in [5.74, 6) is 0.473. The number of hydrogen-bond donors (Lipinski definition) is 1. The molecule has 1 rings (SSSR count). The van der Waals surface area contributed by atoms with Crippen LogP contribution in [-0.4, -0.2) is 5.11 Å². The van der Waals surface area contributed by atoms with Gasteiger partial charge in [-0.15, -0.1) is 0 Å². The van der Waals surface area contributed by atoms with Crippen LogP contribution in [0.2, 0.25) is 0 Å². The predicted octanol–water partition coefficient (Wildman–Crippen LogP) is 15.0. The Morgan fingerprint density at radius 2 is 0.512 bits per heavy atom. The fourth-order valence-electron chi connectivity index (χ4n) is 6.79. The van der Waals surface area contributed by atoms with E-state index in [-0.39, 0.29) is 0 Å². The minimum atomic E-state index is 0.473. The van der Waals surface area contributed by atoms with Crippen molar-refractivity contribution in [1.82, 2.24) is 0 Å². The summed E-state index contributed by atoms with van der Waals surface area (Å²) in [6.07, 6.45) is 47.6. The van der Waals surface area contributed by atoms with Crippen molar-refractivity contribution in [1.29, 1.82) is 0 Å². The SMILES string of the molecule is CCCCCCCCCCCCCCCCCCc1cc(O)cc(CCCCCCCCCCCCCCCCCC)c1. The van der Waals surface area contributed by atoms with Gasteiger partial charge in [-0.2, -0.15) is 0 Å². The molecule has 0 unspecified atom stereocenters. The maximum absolute atomic E-state index is 10.3. The lowest BCUT2D eigenvalue weighted by Gasteiger charge is -2.08. The molecule has 1 aromatic carbocycles. The van der Waals surface area contributed by atoms with Gasteiger partial charge in [0, 0.05) is 0 Å². The normalized spacial score (nSPS) is 11.5. The van der Waals surface area contributed by atoms with Crippen LogP contribution in [0.3, 0.4) is 0 Å². The van der Waals surface area contributed by atoms with Gasteiger partial charge in [-0.25, -0.2) is 0 Å². The smallest absolute Gasteiger partial charge is 0.116 e. The first-order valence-corrected chi connectivity index (χ1v) is 20.1. The zero-order valence-corrected chi connectivity index (χ0v) is 29.7. The Labute approximate surface area is 271 Å². The van der Waals surface area contributed by atoms with E-state index in [1.54, 1.807) is 0 Å². The van der Waals surface area contributed by atoms with Crippen LogP contribution in [0.4, 0.5) is 0 Å². The summed E-state index contributed by atoms with van der Waals surface area (Å²) in [4.78, 5) is 0. The number of hydrogen-bond acceptors (Lipinski definition) is 1. The molecule has 0 aliphatic rings. The highest BCUT2D eigenvalue weighted by Crippen LogP contribution is 2.21. The van der Waals surface area contributed by atoms with Gasteiger partial charge in [0.2, 0.25) is 0 Å². The molecule has 0 aromatic heterocycles. The minimum absolute atomic E-state index is 0.473. The number of unbranched alkanes of at least 4 members (excludes halogenated alkanes) is 30. The third-order valence-corrected chi connectivity index (χ3v) is 9.68. The number of phenols is 1. The maximum atomic E-state index is 10.3. The zero-order valence-electron chi connectivity index (χ0n) is 29.7. The van der Waals surface area contributed by atoms with E-state index in [1.165, 1.54) is 217 Å². The van der Waals surface area contributed by atoms with Gasteiger partial charge < -0.3 is 5.11 Å². The molecule has 0 heterocycles. The van der Waals surface area contributed by atoms with Crippen molar-refractivity contribution in [2.45, 2.75) is 232 Å². The molecule has 1 nitrogen and oxygen atoms in total. The molecule has 1 N–H and O–H groups in total. The summed E-state index contributed by atoms with van der Waals surface area (Å²) in [5.41, 5.74) is 2.69. The van der Waals surface area contributed by atoms with Gasteiger partial charge in [-0.3, -0.25) is 0 Å². The van der Waals surface area contributed by atoms with Crippen molar-refractivity contribution in [3.63, 3.8) is 0 Å². The van der Waals surface area contributed by atoms with Crippen LogP contribution in [-0.2, 0) is 12.8 Å². The number of rotatable bonds is 34. The molecule has 0 bridgehead atoms. The highest BCUT2D eigenvalue weighted by molar-refractivity contribution is 5.33. The van der Waals surface area contributed by atoms with Crippen LogP contribution in [0.5, 0.6) is 5.75 Å². The highest BCUT2D eigenvalue weighted by Gasteiger charge is 2.03. The number of phenolic OH excluding ortho intramolecular Hbond substituents is 1. The largest absolute Gasteiger partial charge is 0.508 e. The van der Waals surface area contributed by atoms with Gasteiger partial charge in [0.15, 0.2) is 0 Å². The van der Waals surface area contributed by atoms with Crippen molar-refractivity contribution in [3.05, 3.63) is 29.3 Å². The predicted molar refractivity (Wildman–Crippen MR) is 195 cm³/mol. The Morgan fingerprint density at radius 3 is 0.744 bits per heavy atom. The molecule has 43 heavy (non-hydrogen) atoms. The molecule has 0 atom stereocenters. The molecule has 0 saturated heterocycles. The molecular formula is C42H78O. The third kappa shape index (κ3) is 28.2. The summed E-state index contributed by atoms with van der Waals surface area (Å²) in [7, 11) is 0. The van der Waals surface area contributed by atoms with Crippen molar-refractivity contribution >= 4 is 0 Å². The summed E-state index contributed by atoms with van der Waals surface area (Å²) in [6.45, 7) is 4.60. The summed E-state index contributed by atoms with van der Waals surface area (Å²) in [6, 6.07) is 6.38. The van der Waals surface area contributed by atoms with E-state index < -0.39 is 0 Å². The van der Waals surface area contributed by atoms with E-state index in [0.29, 0.717) is 5.75 Å². The fraction of sp³-hybridized carbons (Fsp3) is 0.857. The molecule has 1 aromatic rings. The van der Waals surface area contributed by atoms with Crippen molar-refractivity contribution in [2.75, 3.05) is 0 Å². The van der Waals surface area contributed by atoms with Crippen LogP contribution in [0.25, 0.3) is 0 Å². The second kappa shape index (κ2) is 32.4. The first kappa shape index (κ1) is 40.0. The number of benzene rings is 1.